The molecule has 1 aliphatic heterocycles. The number of rotatable bonds is 0. The molecule has 10 heavy (non-hydrogen) atoms. The quantitative estimate of drug-likeness (QED) is 0.511. The van der Waals surface area contributed by atoms with Crippen LogP contribution in [0.5, 0.6) is 0 Å². The zero-order valence-corrected chi connectivity index (χ0v) is 6.06. The Morgan fingerprint density at radius 1 is 1.30 bits per heavy atom. The van der Waals surface area contributed by atoms with E-state index in [2.05, 4.69) is 6.58 Å². The molecule has 1 heterocycles. The van der Waals surface area contributed by atoms with Gasteiger partial charge in [0.15, 0.2) is 0 Å². The highest BCUT2D eigenvalue weighted by Crippen LogP contribution is 2.39. The molecule has 0 aromatic carbocycles. The molecule has 1 spiro atoms. The van der Waals surface area contributed by atoms with Crippen molar-refractivity contribution in [1.29, 1.82) is 0 Å². The van der Waals surface area contributed by atoms with Crippen LogP contribution >= 0.6 is 0 Å². The molecule has 1 aliphatic carbocycles. The fourth-order valence-corrected chi connectivity index (χ4v) is 1.78. The van der Waals surface area contributed by atoms with Crippen LogP contribution in [0.2, 0.25) is 0 Å². The van der Waals surface area contributed by atoms with Crippen LogP contribution in [0.1, 0.15) is 25.7 Å². The van der Waals surface area contributed by atoms with Gasteiger partial charge in [-0.3, -0.25) is 0 Å². The molecule has 0 aromatic heterocycles. The van der Waals surface area contributed by atoms with Crippen LogP contribution in [0.25, 0.3) is 0 Å². The summed E-state index contributed by atoms with van der Waals surface area (Å²) in [5.74, 6) is 0.516. The van der Waals surface area contributed by atoms with Crippen molar-refractivity contribution in [2.45, 2.75) is 31.3 Å². The summed E-state index contributed by atoms with van der Waals surface area (Å²) in [6.45, 7) is 4.36. The van der Waals surface area contributed by atoms with Gasteiger partial charge in [0.25, 0.3) is 5.95 Å². The van der Waals surface area contributed by atoms with Crippen molar-refractivity contribution in [2.75, 3.05) is 6.61 Å². The largest absolute Gasteiger partial charge is 0.462 e. The Bertz CT molecular complexity index is 157. The summed E-state index contributed by atoms with van der Waals surface area (Å²) in [4.78, 5) is 0. The lowest BCUT2D eigenvalue weighted by molar-refractivity contribution is 0.0554. The first-order valence-electron chi connectivity index (χ1n) is 3.82. The average Bonchev–Trinajstić information content (AvgIpc) is 2.46. The number of ether oxygens (including phenoxy) is 2. The lowest BCUT2D eigenvalue weighted by Crippen LogP contribution is -2.26. The van der Waals surface area contributed by atoms with E-state index in [0.717, 1.165) is 19.4 Å². The zero-order chi connectivity index (χ0) is 7.03. The molecule has 0 amide bonds. The van der Waals surface area contributed by atoms with Crippen molar-refractivity contribution in [3.8, 4) is 0 Å². The van der Waals surface area contributed by atoms with Crippen LogP contribution < -0.4 is 0 Å². The van der Waals surface area contributed by atoms with E-state index in [-0.39, 0.29) is 5.60 Å². The molecule has 2 heteroatoms. The maximum Gasteiger partial charge on any atom is 0.272 e. The Labute approximate surface area is 60.8 Å². The lowest BCUT2D eigenvalue weighted by Gasteiger charge is -2.17. The van der Waals surface area contributed by atoms with Gasteiger partial charge in [0.1, 0.15) is 12.2 Å². The van der Waals surface area contributed by atoms with Gasteiger partial charge in [-0.25, -0.2) is 0 Å². The highest BCUT2D eigenvalue weighted by molar-refractivity contribution is 4.95. The second-order valence-electron chi connectivity index (χ2n) is 3.15. The van der Waals surface area contributed by atoms with Gasteiger partial charge in [-0.2, -0.15) is 0 Å². The highest BCUT2D eigenvalue weighted by Gasteiger charge is 2.41. The van der Waals surface area contributed by atoms with Crippen molar-refractivity contribution in [3.63, 3.8) is 0 Å². The van der Waals surface area contributed by atoms with E-state index in [1.54, 1.807) is 0 Å². The third-order valence-electron chi connectivity index (χ3n) is 2.34. The SMILES string of the molecule is C=C1OCC2(CCCC2)O1. The van der Waals surface area contributed by atoms with Crippen molar-refractivity contribution in [1.82, 2.24) is 0 Å². The van der Waals surface area contributed by atoms with Gasteiger partial charge in [0.05, 0.1) is 0 Å². The average molecular weight is 140 g/mol. The first-order chi connectivity index (χ1) is 4.81. The van der Waals surface area contributed by atoms with E-state index in [1.807, 2.05) is 0 Å². The van der Waals surface area contributed by atoms with Gasteiger partial charge in [0, 0.05) is 0 Å². The van der Waals surface area contributed by atoms with Gasteiger partial charge in [-0.05, 0) is 32.3 Å². The molecule has 2 rings (SSSR count). The van der Waals surface area contributed by atoms with Crippen LogP contribution in [0, 0.1) is 0 Å². The van der Waals surface area contributed by atoms with Crippen molar-refractivity contribution >= 4 is 0 Å². The lowest BCUT2D eigenvalue weighted by atomic mass is 10.1. The van der Waals surface area contributed by atoms with Crippen LogP contribution in [0.3, 0.4) is 0 Å². The molecule has 56 valence electrons. The van der Waals surface area contributed by atoms with E-state index in [0.29, 0.717) is 5.95 Å². The minimum Gasteiger partial charge on any atom is -0.462 e. The van der Waals surface area contributed by atoms with E-state index in [9.17, 15) is 0 Å². The molecule has 2 nitrogen and oxygen atoms in total. The summed E-state index contributed by atoms with van der Waals surface area (Å²) >= 11 is 0. The molecule has 0 atom stereocenters. The van der Waals surface area contributed by atoms with Crippen LogP contribution in [-0.2, 0) is 9.47 Å². The number of hydrogen-bond acceptors (Lipinski definition) is 2. The fourth-order valence-electron chi connectivity index (χ4n) is 1.78. The predicted molar refractivity (Wildman–Crippen MR) is 37.4 cm³/mol. The molecule has 2 fully saturated rings. The van der Waals surface area contributed by atoms with Gasteiger partial charge in [-0.15, -0.1) is 0 Å². The zero-order valence-electron chi connectivity index (χ0n) is 6.06. The number of hydrogen-bond donors (Lipinski definition) is 0. The summed E-state index contributed by atoms with van der Waals surface area (Å²) in [6, 6.07) is 0. The highest BCUT2D eigenvalue weighted by atomic mass is 16.7. The normalized spacial score (nSPS) is 28.6. The topological polar surface area (TPSA) is 18.5 Å². The van der Waals surface area contributed by atoms with E-state index in [1.165, 1.54) is 12.8 Å². The molecular formula is C8H12O2. The van der Waals surface area contributed by atoms with Crippen LogP contribution in [0.15, 0.2) is 12.5 Å². The summed E-state index contributed by atoms with van der Waals surface area (Å²) in [5.41, 5.74) is 0.0388. The second kappa shape index (κ2) is 1.91. The Morgan fingerprint density at radius 2 is 2.00 bits per heavy atom. The monoisotopic (exact) mass is 140 g/mol. The molecule has 0 bridgehead atoms. The Hall–Kier alpha value is -0.660. The minimum atomic E-state index is 0.0388. The molecule has 0 N–H and O–H groups in total. The summed E-state index contributed by atoms with van der Waals surface area (Å²) in [5, 5.41) is 0. The third kappa shape index (κ3) is 0.789. The molecule has 1 saturated carbocycles. The van der Waals surface area contributed by atoms with E-state index >= 15 is 0 Å². The van der Waals surface area contributed by atoms with Gasteiger partial charge in [0.2, 0.25) is 0 Å². The fraction of sp³-hybridized carbons (Fsp3) is 0.750. The molecule has 2 aliphatic rings. The van der Waals surface area contributed by atoms with Crippen LogP contribution in [0.4, 0.5) is 0 Å². The maximum atomic E-state index is 5.49. The first-order valence-corrected chi connectivity index (χ1v) is 3.82. The van der Waals surface area contributed by atoms with Gasteiger partial charge in [-0.1, -0.05) is 0 Å². The molecular weight excluding hydrogens is 128 g/mol. The Morgan fingerprint density at radius 3 is 2.50 bits per heavy atom. The summed E-state index contributed by atoms with van der Waals surface area (Å²) < 4.78 is 10.7. The van der Waals surface area contributed by atoms with E-state index < -0.39 is 0 Å². The Kier molecular flexibility index (Phi) is 1.16. The first kappa shape index (κ1) is 6.08. The summed E-state index contributed by atoms with van der Waals surface area (Å²) in [7, 11) is 0. The third-order valence-corrected chi connectivity index (χ3v) is 2.34. The van der Waals surface area contributed by atoms with Crippen molar-refractivity contribution in [3.05, 3.63) is 12.5 Å². The summed E-state index contributed by atoms with van der Waals surface area (Å²) in [6.07, 6.45) is 4.84. The molecule has 0 aromatic rings. The van der Waals surface area contributed by atoms with Crippen molar-refractivity contribution in [2.24, 2.45) is 0 Å². The molecule has 0 radical (unpaired) electrons. The molecule has 1 saturated heterocycles. The van der Waals surface area contributed by atoms with Gasteiger partial charge >= 0.3 is 0 Å². The van der Waals surface area contributed by atoms with Crippen molar-refractivity contribution < 1.29 is 9.47 Å². The Balaban J connectivity index is 2.09. The smallest absolute Gasteiger partial charge is 0.272 e. The minimum absolute atomic E-state index is 0.0388. The second-order valence-corrected chi connectivity index (χ2v) is 3.15. The molecule has 0 unspecified atom stereocenters. The standard InChI is InChI=1S/C8H12O2/c1-7-9-6-8(10-7)4-2-3-5-8/h1-6H2. The van der Waals surface area contributed by atoms with Crippen LogP contribution in [-0.4, -0.2) is 12.2 Å². The van der Waals surface area contributed by atoms with E-state index in [4.69, 9.17) is 9.47 Å². The predicted octanol–water partition coefficient (Wildman–Crippen LogP) is 1.82. The maximum absolute atomic E-state index is 5.49. The van der Waals surface area contributed by atoms with Gasteiger partial charge < -0.3 is 9.47 Å².